The standard InChI is InChI=1S/C20H25N5O9S.Na/c1-10(27)21-17-14(7-16(20(30)31)34-19(17)18(29)15(28)9-26)25-8-13(22-24-25)11-5-3-4-6-12(11)23-35(2,32)33;/h3-8,14-15,17-19,23,26,28-29H,9H2,1-2H3,(H,21,27)(H,30,31);/q;+1/p-1/t14-,15+,17+,18+,19+;/m0./s1. The summed E-state index contributed by atoms with van der Waals surface area (Å²) in [4.78, 5) is 23.5. The van der Waals surface area contributed by atoms with E-state index in [1.807, 2.05) is 0 Å². The molecular formula is C20H24N5NaO9S. The largest absolute Gasteiger partial charge is 1.00 e. The summed E-state index contributed by atoms with van der Waals surface area (Å²) in [7, 11) is -3.61. The molecular weight excluding hydrogens is 509 g/mol. The van der Waals surface area contributed by atoms with Crippen molar-refractivity contribution in [3.8, 4) is 11.3 Å². The Balaban J connectivity index is 0.00000456. The summed E-state index contributed by atoms with van der Waals surface area (Å²) in [5, 5.41) is 51.8. The van der Waals surface area contributed by atoms with Crippen LogP contribution < -0.4 is 44.7 Å². The zero-order chi connectivity index (χ0) is 25.9. The van der Waals surface area contributed by atoms with Gasteiger partial charge in [-0.1, -0.05) is 23.4 Å². The maximum atomic E-state index is 11.9. The fourth-order valence-corrected chi connectivity index (χ4v) is 4.20. The van der Waals surface area contributed by atoms with Gasteiger partial charge in [-0.3, -0.25) is 9.52 Å². The van der Waals surface area contributed by atoms with Crippen molar-refractivity contribution >= 4 is 27.6 Å². The smallest absolute Gasteiger partial charge is 0.542 e. The van der Waals surface area contributed by atoms with Crippen LogP contribution in [0.15, 0.2) is 42.3 Å². The van der Waals surface area contributed by atoms with Crippen molar-refractivity contribution in [3.05, 3.63) is 42.3 Å². The third kappa shape index (κ3) is 7.03. The predicted octanol–water partition coefficient (Wildman–Crippen LogP) is -5.89. The topological polar surface area (TPSA) is 216 Å². The zero-order valence-electron chi connectivity index (χ0n) is 19.6. The first-order chi connectivity index (χ1) is 16.4. The summed E-state index contributed by atoms with van der Waals surface area (Å²) in [6, 6.07) is 4.10. The molecule has 1 aromatic heterocycles. The predicted molar refractivity (Wildman–Crippen MR) is 118 cm³/mol. The molecule has 1 aliphatic heterocycles. The molecule has 0 saturated carbocycles. The molecule has 1 aromatic carbocycles. The number of aliphatic hydroxyl groups is 3. The monoisotopic (exact) mass is 533 g/mol. The Hall–Kier alpha value is -2.53. The van der Waals surface area contributed by atoms with E-state index in [4.69, 9.17) is 4.74 Å². The van der Waals surface area contributed by atoms with E-state index >= 15 is 0 Å². The quantitative estimate of drug-likeness (QED) is 0.191. The van der Waals surface area contributed by atoms with Gasteiger partial charge in [0.2, 0.25) is 15.9 Å². The molecule has 3 rings (SSSR count). The van der Waals surface area contributed by atoms with Crippen LogP contribution in [0, 0.1) is 0 Å². The normalized spacial score (nSPS) is 21.2. The average Bonchev–Trinajstić information content (AvgIpc) is 3.26. The van der Waals surface area contributed by atoms with E-state index in [-0.39, 0.29) is 40.9 Å². The SMILES string of the molecule is CC(=O)N[C@H]1[C@H]([C@H](O)[C@H](O)CO)OC(C(=O)[O-])=C[C@@H]1n1cc(-c2ccccc2NS(C)(=O)=O)nn1.[Na+]. The van der Waals surface area contributed by atoms with E-state index in [1.54, 1.807) is 18.2 Å². The first-order valence-electron chi connectivity index (χ1n) is 10.2. The first kappa shape index (κ1) is 29.7. The number of aliphatic carboxylic acids is 1. The number of carboxylic acids is 1. The molecule has 190 valence electrons. The molecule has 0 radical (unpaired) electrons. The number of rotatable bonds is 9. The molecule has 5 N–H and O–H groups in total. The van der Waals surface area contributed by atoms with E-state index in [2.05, 4.69) is 20.4 Å². The van der Waals surface area contributed by atoms with Gasteiger partial charge in [0.05, 0.1) is 36.8 Å². The maximum absolute atomic E-state index is 11.9. The fraction of sp³-hybridized carbons (Fsp3) is 0.400. The Bertz CT molecular complexity index is 1240. The summed E-state index contributed by atoms with van der Waals surface area (Å²) in [6.07, 6.45) is -1.58. The van der Waals surface area contributed by atoms with Gasteiger partial charge in [0.25, 0.3) is 0 Å². The minimum absolute atomic E-state index is 0. The summed E-state index contributed by atoms with van der Waals surface area (Å²) < 4.78 is 32.3. The number of sulfonamides is 1. The third-order valence-electron chi connectivity index (χ3n) is 5.11. The van der Waals surface area contributed by atoms with Crippen molar-refractivity contribution in [2.45, 2.75) is 37.3 Å². The molecule has 0 fully saturated rings. The van der Waals surface area contributed by atoms with Crippen molar-refractivity contribution < 1.29 is 72.7 Å². The molecule has 5 atom stereocenters. The molecule has 14 nitrogen and oxygen atoms in total. The molecule has 1 aliphatic rings. The number of benzene rings is 1. The number of carbonyl (C=O) groups excluding carboxylic acids is 2. The van der Waals surface area contributed by atoms with Crippen LogP contribution in [0.4, 0.5) is 5.69 Å². The second kappa shape index (κ2) is 12.1. The van der Waals surface area contributed by atoms with E-state index < -0.39 is 64.7 Å². The minimum atomic E-state index is -3.61. The van der Waals surface area contributed by atoms with Crippen molar-refractivity contribution in [3.63, 3.8) is 0 Å². The zero-order valence-corrected chi connectivity index (χ0v) is 22.4. The first-order valence-corrected chi connectivity index (χ1v) is 12.1. The molecule has 0 aliphatic carbocycles. The van der Waals surface area contributed by atoms with Gasteiger partial charge in [0.15, 0.2) is 0 Å². The van der Waals surface area contributed by atoms with Crippen LogP contribution in [0.1, 0.15) is 13.0 Å². The van der Waals surface area contributed by atoms with Gasteiger partial charge >= 0.3 is 29.6 Å². The van der Waals surface area contributed by atoms with Crippen LogP contribution in [0.2, 0.25) is 0 Å². The van der Waals surface area contributed by atoms with E-state index in [0.717, 1.165) is 12.3 Å². The summed E-state index contributed by atoms with van der Waals surface area (Å²) in [6.45, 7) is 0.321. The van der Waals surface area contributed by atoms with Gasteiger partial charge in [-0.15, -0.1) is 5.10 Å². The number of carbonyl (C=O) groups is 2. The number of amides is 1. The number of para-hydroxylation sites is 1. The number of anilines is 1. The number of aliphatic hydroxyl groups excluding tert-OH is 3. The molecule has 0 unspecified atom stereocenters. The Morgan fingerprint density at radius 2 is 1.94 bits per heavy atom. The summed E-state index contributed by atoms with van der Waals surface area (Å²) in [5.74, 6) is -2.98. The van der Waals surface area contributed by atoms with E-state index in [0.29, 0.717) is 5.56 Å². The van der Waals surface area contributed by atoms with Crippen molar-refractivity contribution in [1.29, 1.82) is 0 Å². The maximum Gasteiger partial charge on any atom is 1.00 e. The summed E-state index contributed by atoms with van der Waals surface area (Å²) in [5.41, 5.74) is 0.794. The van der Waals surface area contributed by atoms with Gasteiger partial charge in [-0.05, 0) is 12.1 Å². The van der Waals surface area contributed by atoms with Gasteiger partial charge in [0.1, 0.15) is 35.7 Å². The van der Waals surface area contributed by atoms with Crippen molar-refractivity contribution in [2.24, 2.45) is 0 Å². The fourth-order valence-electron chi connectivity index (χ4n) is 3.62. The second-order valence-corrected chi connectivity index (χ2v) is 9.61. The molecule has 0 spiro atoms. The number of nitrogens with zero attached hydrogens (tertiary/aromatic N) is 3. The minimum Gasteiger partial charge on any atom is -0.542 e. The van der Waals surface area contributed by atoms with E-state index in [1.165, 1.54) is 23.9 Å². The van der Waals surface area contributed by atoms with Crippen molar-refractivity contribution in [2.75, 3.05) is 17.6 Å². The van der Waals surface area contributed by atoms with Crippen LogP contribution >= 0.6 is 0 Å². The molecule has 0 bridgehead atoms. The number of ether oxygens (including phenoxy) is 1. The Labute approximate surface area is 228 Å². The van der Waals surface area contributed by atoms with Gasteiger partial charge in [-0.25, -0.2) is 13.1 Å². The Morgan fingerprint density at radius 1 is 1.28 bits per heavy atom. The van der Waals surface area contributed by atoms with E-state index in [9.17, 15) is 38.4 Å². The molecule has 0 saturated heterocycles. The number of hydrogen-bond donors (Lipinski definition) is 5. The van der Waals surface area contributed by atoms with Gasteiger partial charge in [-0.2, -0.15) is 0 Å². The molecule has 36 heavy (non-hydrogen) atoms. The van der Waals surface area contributed by atoms with Crippen LogP contribution in [0.25, 0.3) is 11.3 Å². The van der Waals surface area contributed by atoms with Crippen molar-refractivity contribution in [1.82, 2.24) is 20.3 Å². The van der Waals surface area contributed by atoms with Crippen LogP contribution in [-0.4, -0.2) is 87.8 Å². The van der Waals surface area contributed by atoms with Crippen LogP contribution in [0.3, 0.4) is 0 Å². The van der Waals surface area contributed by atoms with Gasteiger partial charge < -0.3 is 35.3 Å². The second-order valence-electron chi connectivity index (χ2n) is 7.86. The van der Waals surface area contributed by atoms with Crippen LogP contribution in [-0.2, 0) is 24.3 Å². The molecule has 1 amide bonds. The molecule has 2 aromatic rings. The number of aromatic nitrogens is 3. The number of hydrogen-bond acceptors (Lipinski definition) is 11. The molecule has 16 heteroatoms. The third-order valence-corrected chi connectivity index (χ3v) is 5.70. The summed E-state index contributed by atoms with van der Waals surface area (Å²) >= 11 is 0. The number of carboxylic acid groups (broad SMARTS) is 1. The van der Waals surface area contributed by atoms with Crippen LogP contribution in [0.5, 0.6) is 0 Å². The number of nitrogens with one attached hydrogen (secondary N) is 2. The van der Waals surface area contributed by atoms with Gasteiger partial charge in [0, 0.05) is 12.5 Å². The Kier molecular flexibility index (Phi) is 10.0. The average molecular weight is 533 g/mol. The Morgan fingerprint density at radius 3 is 2.53 bits per heavy atom. The molecule has 2 heterocycles.